The van der Waals surface area contributed by atoms with Crippen LogP contribution in [-0.4, -0.2) is 37.2 Å². The zero-order chi connectivity index (χ0) is 18.1. The van der Waals surface area contributed by atoms with Crippen molar-refractivity contribution in [1.29, 1.82) is 0 Å². The molecule has 2 aromatic rings. The van der Waals surface area contributed by atoms with E-state index in [2.05, 4.69) is 33.8 Å². The molecule has 0 unspecified atom stereocenters. The number of nitrogen functional groups attached to an aromatic ring is 1. The maximum atomic E-state index is 12.8. The maximum Gasteiger partial charge on any atom is 0.253 e. The first-order chi connectivity index (χ1) is 12.7. The molecule has 6 nitrogen and oxygen atoms in total. The van der Waals surface area contributed by atoms with Crippen molar-refractivity contribution in [2.45, 2.75) is 30.4 Å². The van der Waals surface area contributed by atoms with Crippen molar-refractivity contribution in [3.05, 3.63) is 59.3 Å². The van der Waals surface area contributed by atoms with Gasteiger partial charge in [0.15, 0.2) is 0 Å². The second-order valence-corrected chi connectivity index (χ2v) is 7.07. The van der Waals surface area contributed by atoms with E-state index in [-0.39, 0.29) is 23.5 Å². The van der Waals surface area contributed by atoms with Crippen molar-refractivity contribution >= 4 is 11.7 Å². The molecular formula is C20H24N4O2. The SMILES string of the molecule is CO[C@@H]1[C@@H](NC(=O)c2ccc(N)nc2)c2ccccc2C12CCNCC2. The topological polar surface area (TPSA) is 89.3 Å². The fourth-order valence-corrected chi connectivity index (χ4v) is 4.56. The molecule has 4 N–H and O–H groups in total. The van der Waals surface area contributed by atoms with Crippen LogP contribution in [0.4, 0.5) is 5.82 Å². The lowest BCUT2D eigenvalue weighted by Gasteiger charge is -2.40. The number of hydrogen-bond acceptors (Lipinski definition) is 5. The molecule has 1 spiro atoms. The second kappa shape index (κ2) is 6.70. The number of ether oxygens (including phenoxy) is 1. The van der Waals surface area contributed by atoms with Gasteiger partial charge in [-0.25, -0.2) is 4.98 Å². The van der Waals surface area contributed by atoms with Crippen molar-refractivity contribution in [3.8, 4) is 0 Å². The molecule has 1 saturated heterocycles. The Morgan fingerprint density at radius 2 is 2.04 bits per heavy atom. The molecule has 6 heteroatoms. The first kappa shape index (κ1) is 17.0. The maximum absolute atomic E-state index is 12.8. The van der Waals surface area contributed by atoms with Gasteiger partial charge in [0.05, 0.1) is 17.7 Å². The van der Waals surface area contributed by atoms with Gasteiger partial charge in [-0.05, 0) is 49.2 Å². The van der Waals surface area contributed by atoms with Gasteiger partial charge in [0.25, 0.3) is 5.91 Å². The summed E-state index contributed by atoms with van der Waals surface area (Å²) >= 11 is 0. The summed E-state index contributed by atoms with van der Waals surface area (Å²) in [5, 5.41) is 6.61. The van der Waals surface area contributed by atoms with E-state index in [0.29, 0.717) is 11.4 Å². The minimum Gasteiger partial charge on any atom is -0.384 e. The van der Waals surface area contributed by atoms with Crippen LogP contribution >= 0.6 is 0 Å². The van der Waals surface area contributed by atoms with Gasteiger partial charge in [0, 0.05) is 18.7 Å². The summed E-state index contributed by atoms with van der Waals surface area (Å²) in [7, 11) is 1.74. The third kappa shape index (κ3) is 2.66. The lowest BCUT2D eigenvalue weighted by atomic mass is 9.72. The molecule has 1 aromatic heterocycles. The largest absolute Gasteiger partial charge is 0.384 e. The van der Waals surface area contributed by atoms with Gasteiger partial charge in [-0.1, -0.05) is 24.3 Å². The molecule has 2 heterocycles. The first-order valence-corrected chi connectivity index (χ1v) is 9.01. The summed E-state index contributed by atoms with van der Waals surface area (Å²) < 4.78 is 5.98. The van der Waals surface area contributed by atoms with Gasteiger partial charge >= 0.3 is 0 Å². The van der Waals surface area contributed by atoms with Crippen LogP contribution in [0, 0.1) is 0 Å². The fraction of sp³-hybridized carbons (Fsp3) is 0.400. The molecule has 2 aliphatic rings. The summed E-state index contributed by atoms with van der Waals surface area (Å²) in [6, 6.07) is 11.5. The number of fused-ring (bicyclic) bond motifs is 2. The smallest absolute Gasteiger partial charge is 0.253 e. The molecule has 1 fully saturated rings. The molecule has 4 rings (SSSR count). The van der Waals surface area contributed by atoms with Gasteiger partial charge in [-0.2, -0.15) is 0 Å². The van der Waals surface area contributed by atoms with Gasteiger partial charge in [-0.15, -0.1) is 0 Å². The van der Waals surface area contributed by atoms with E-state index in [1.807, 2.05) is 6.07 Å². The number of carbonyl (C=O) groups is 1. The number of hydrogen-bond donors (Lipinski definition) is 3. The highest BCUT2D eigenvalue weighted by Gasteiger charge is 2.53. The number of piperidine rings is 1. The Morgan fingerprint density at radius 3 is 2.73 bits per heavy atom. The lowest BCUT2D eigenvalue weighted by molar-refractivity contribution is 0.00396. The first-order valence-electron chi connectivity index (χ1n) is 9.01. The van der Waals surface area contributed by atoms with E-state index >= 15 is 0 Å². The number of nitrogens with two attached hydrogens (primary N) is 1. The number of pyridine rings is 1. The van der Waals surface area contributed by atoms with Crippen LogP contribution in [0.1, 0.15) is 40.4 Å². The van der Waals surface area contributed by atoms with E-state index in [1.54, 1.807) is 19.2 Å². The molecule has 1 aliphatic carbocycles. The second-order valence-electron chi connectivity index (χ2n) is 7.07. The molecule has 0 bridgehead atoms. The van der Waals surface area contributed by atoms with Crippen LogP contribution in [-0.2, 0) is 10.2 Å². The summed E-state index contributed by atoms with van der Waals surface area (Å²) in [6.07, 6.45) is 3.41. The molecule has 1 aromatic carbocycles. The van der Waals surface area contributed by atoms with E-state index in [4.69, 9.17) is 10.5 Å². The number of anilines is 1. The molecular weight excluding hydrogens is 328 g/mol. The van der Waals surface area contributed by atoms with Crippen molar-refractivity contribution in [2.75, 3.05) is 25.9 Å². The fourth-order valence-electron chi connectivity index (χ4n) is 4.56. The highest BCUT2D eigenvalue weighted by molar-refractivity contribution is 5.94. The molecule has 0 saturated carbocycles. The molecule has 1 amide bonds. The van der Waals surface area contributed by atoms with Gasteiger partial charge in [0.1, 0.15) is 5.82 Å². The van der Waals surface area contributed by atoms with Gasteiger partial charge < -0.3 is 21.1 Å². The summed E-state index contributed by atoms with van der Waals surface area (Å²) in [5.74, 6) is 0.238. The zero-order valence-corrected chi connectivity index (χ0v) is 14.9. The average Bonchev–Trinajstić information content (AvgIpc) is 2.92. The Kier molecular flexibility index (Phi) is 4.38. The van der Waals surface area contributed by atoms with Crippen LogP contribution in [0.25, 0.3) is 0 Å². The number of carbonyl (C=O) groups excluding carboxylic acids is 1. The Morgan fingerprint density at radius 1 is 1.27 bits per heavy atom. The number of aromatic nitrogens is 1. The van der Waals surface area contributed by atoms with Crippen LogP contribution in [0.15, 0.2) is 42.6 Å². The minimum absolute atomic E-state index is 0.0616. The molecule has 2 atom stereocenters. The Hall–Kier alpha value is -2.44. The van der Waals surface area contributed by atoms with Crippen LogP contribution in [0.3, 0.4) is 0 Å². The van der Waals surface area contributed by atoms with Crippen molar-refractivity contribution in [1.82, 2.24) is 15.6 Å². The standard InChI is InChI=1S/C20H24N4O2/c1-26-18-17(24-19(25)13-6-7-16(21)23-12-13)14-4-2-3-5-15(14)20(18)8-10-22-11-9-20/h2-7,12,17-18,22H,8-11H2,1H3,(H2,21,23)(H,24,25)/t17-,18+/m0/s1. The molecule has 0 radical (unpaired) electrons. The monoisotopic (exact) mass is 352 g/mol. The normalized spacial score (nSPS) is 23.6. The number of rotatable bonds is 3. The summed E-state index contributed by atoms with van der Waals surface area (Å²) in [5.41, 5.74) is 8.51. The Labute approximate surface area is 153 Å². The Balaban J connectivity index is 1.69. The van der Waals surface area contributed by atoms with Crippen molar-refractivity contribution < 1.29 is 9.53 Å². The van der Waals surface area contributed by atoms with Crippen LogP contribution < -0.4 is 16.4 Å². The number of benzene rings is 1. The van der Waals surface area contributed by atoms with E-state index in [0.717, 1.165) is 31.5 Å². The third-order valence-electron chi connectivity index (χ3n) is 5.76. The summed E-state index contributed by atoms with van der Waals surface area (Å²) in [6.45, 7) is 1.91. The van der Waals surface area contributed by atoms with Crippen LogP contribution in [0.5, 0.6) is 0 Å². The molecule has 136 valence electrons. The highest BCUT2D eigenvalue weighted by Crippen LogP contribution is 2.51. The van der Waals surface area contributed by atoms with Crippen LogP contribution in [0.2, 0.25) is 0 Å². The van der Waals surface area contributed by atoms with Gasteiger partial charge in [0.2, 0.25) is 0 Å². The highest BCUT2D eigenvalue weighted by atomic mass is 16.5. The average molecular weight is 352 g/mol. The van der Waals surface area contributed by atoms with E-state index < -0.39 is 0 Å². The minimum atomic E-state index is -0.181. The lowest BCUT2D eigenvalue weighted by Crippen LogP contribution is -2.49. The van der Waals surface area contributed by atoms with Crippen molar-refractivity contribution in [2.24, 2.45) is 0 Å². The zero-order valence-electron chi connectivity index (χ0n) is 14.9. The Bertz CT molecular complexity index is 800. The number of methoxy groups -OCH3 is 1. The van der Waals surface area contributed by atoms with E-state index in [1.165, 1.54) is 11.8 Å². The summed E-state index contributed by atoms with van der Waals surface area (Å²) in [4.78, 5) is 16.8. The molecule has 26 heavy (non-hydrogen) atoms. The van der Waals surface area contributed by atoms with Crippen molar-refractivity contribution in [3.63, 3.8) is 0 Å². The quantitative estimate of drug-likeness (QED) is 0.784. The van der Waals surface area contributed by atoms with Gasteiger partial charge in [-0.3, -0.25) is 4.79 Å². The third-order valence-corrected chi connectivity index (χ3v) is 5.76. The number of nitrogens with one attached hydrogen (secondary N) is 2. The number of amides is 1. The van der Waals surface area contributed by atoms with E-state index in [9.17, 15) is 4.79 Å². The molecule has 1 aliphatic heterocycles. The number of nitrogens with zero attached hydrogens (tertiary/aromatic N) is 1. The predicted molar refractivity (Wildman–Crippen MR) is 99.9 cm³/mol. The predicted octanol–water partition coefficient (Wildman–Crippen LogP) is 1.78.